The first kappa shape index (κ1) is 15.0. The molecule has 1 aromatic rings. The Labute approximate surface area is 121 Å². The SMILES string of the molecule is CCN1CCN(C(=O)C(CN)c2ccccc2)CC1C. The largest absolute Gasteiger partial charge is 0.339 e. The molecule has 0 spiro atoms. The zero-order valence-corrected chi connectivity index (χ0v) is 12.5. The van der Waals surface area contributed by atoms with Gasteiger partial charge in [0.05, 0.1) is 5.92 Å². The van der Waals surface area contributed by atoms with Gasteiger partial charge in [0.25, 0.3) is 0 Å². The Kier molecular flexibility index (Phi) is 5.15. The number of nitrogens with zero attached hydrogens (tertiary/aromatic N) is 2. The molecule has 4 heteroatoms. The Morgan fingerprint density at radius 1 is 1.35 bits per heavy atom. The van der Waals surface area contributed by atoms with E-state index in [-0.39, 0.29) is 11.8 Å². The molecule has 2 unspecified atom stereocenters. The van der Waals surface area contributed by atoms with Crippen LogP contribution in [0.3, 0.4) is 0 Å². The van der Waals surface area contributed by atoms with E-state index < -0.39 is 0 Å². The predicted octanol–water partition coefficient (Wildman–Crippen LogP) is 1.28. The number of hydrogen-bond donors (Lipinski definition) is 1. The molecule has 1 amide bonds. The van der Waals surface area contributed by atoms with Crippen LogP contribution < -0.4 is 5.73 Å². The minimum Gasteiger partial charge on any atom is -0.339 e. The minimum absolute atomic E-state index is 0.168. The monoisotopic (exact) mass is 275 g/mol. The number of piperazine rings is 1. The topological polar surface area (TPSA) is 49.6 Å². The second-order valence-corrected chi connectivity index (χ2v) is 5.46. The van der Waals surface area contributed by atoms with Gasteiger partial charge in [0.15, 0.2) is 0 Å². The molecule has 110 valence electrons. The maximum atomic E-state index is 12.7. The highest BCUT2D eigenvalue weighted by Gasteiger charge is 2.30. The smallest absolute Gasteiger partial charge is 0.231 e. The number of rotatable bonds is 4. The van der Waals surface area contributed by atoms with Crippen molar-refractivity contribution < 1.29 is 4.79 Å². The molecule has 1 aliphatic heterocycles. The number of benzene rings is 1. The van der Waals surface area contributed by atoms with Gasteiger partial charge in [-0.15, -0.1) is 0 Å². The average molecular weight is 275 g/mol. The molecule has 2 rings (SSSR count). The molecule has 1 heterocycles. The predicted molar refractivity (Wildman–Crippen MR) is 81.5 cm³/mol. The third-order valence-corrected chi connectivity index (χ3v) is 4.22. The summed E-state index contributed by atoms with van der Waals surface area (Å²) in [6, 6.07) is 10.3. The van der Waals surface area contributed by atoms with E-state index in [1.54, 1.807) is 0 Å². The molecule has 4 nitrogen and oxygen atoms in total. The molecule has 0 saturated carbocycles. The zero-order chi connectivity index (χ0) is 14.5. The van der Waals surface area contributed by atoms with Gasteiger partial charge in [-0.25, -0.2) is 0 Å². The Bertz CT molecular complexity index is 435. The molecule has 2 N–H and O–H groups in total. The second-order valence-electron chi connectivity index (χ2n) is 5.46. The van der Waals surface area contributed by atoms with Crippen molar-refractivity contribution in [2.24, 2.45) is 5.73 Å². The van der Waals surface area contributed by atoms with Crippen molar-refractivity contribution in [2.45, 2.75) is 25.8 Å². The third kappa shape index (κ3) is 3.19. The lowest BCUT2D eigenvalue weighted by molar-refractivity contribution is -0.135. The standard InChI is InChI=1S/C16H25N3O/c1-3-18-9-10-19(12-13(18)2)16(20)15(11-17)14-7-5-4-6-8-14/h4-8,13,15H,3,9-12,17H2,1-2H3. The Morgan fingerprint density at radius 2 is 2.05 bits per heavy atom. The fourth-order valence-corrected chi connectivity index (χ4v) is 2.95. The lowest BCUT2D eigenvalue weighted by Crippen LogP contribution is -2.54. The summed E-state index contributed by atoms with van der Waals surface area (Å²) in [5, 5.41) is 0. The number of nitrogens with two attached hydrogens (primary N) is 1. The fourth-order valence-electron chi connectivity index (χ4n) is 2.95. The maximum absolute atomic E-state index is 12.7. The first-order valence-corrected chi connectivity index (χ1v) is 7.45. The fraction of sp³-hybridized carbons (Fsp3) is 0.562. The van der Waals surface area contributed by atoms with Crippen LogP contribution in [0.15, 0.2) is 30.3 Å². The van der Waals surface area contributed by atoms with Gasteiger partial charge in [-0.1, -0.05) is 37.3 Å². The molecule has 1 saturated heterocycles. The molecule has 20 heavy (non-hydrogen) atoms. The highest BCUT2D eigenvalue weighted by atomic mass is 16.2. The molecule has 2 atom stereocenters. The highest BCUT2D eigenvalue weighted by molar-refractivity contribution is 5.84. The first-order valence-electron chi connectivity index (χ1n) is 7.45. The van der Waals surface area contributed by atoms with Gasteiger partial charge in [-0.05, 0) is 19.0 Å². The molecular weight excluding hydrogens is 250 g/mol. The van der Waals surface area contributed by atoms with Crippen LogP contribution in [0.4, 0.5) is 0 Å². The number of carbonyl (C=O) groups is 1. The highest BCUT2D eigenvalue weighted by Crippen LogP contribution is 2.19. The van der Waals surface area contributed by atoms with Crippen molar-refractivity contribution in [3.8, 4) is 0 Å². The number of likely N-dealkylation sites (N-methyl/N-ethyl adjacent to an activating group) is 1. The van der Waals surface area contributed by atoms with E-state index in [1.807, 2.05) is 35.2 Å². The number of amides is 1. The van der Waals surface area contributed by atoms with Crippen molar-refractivity contribution in [1.29, 1.82) is 0 Å². The Morgan fingerprint density at radius 3 is 2.60 bits per heavy atom. The Balaban J connectivity index is 2.07. The van der Waals surface area contributed by atoms with Crippen LogP contribution in [-0.2, 0) is 4.79 Å². The average Bonchev–Trinajstić information content (AvgIpc) is 2.49. The van der Waals surface area contributed by atoms with Crippen molar-refractivity contribution >= 4 is 5.91 Å². The van der Waals surface area contributed by atoms with Crippen molar-refractivity contribution in [3.63, 3.8) is 0 Å². The van der Waals surface area contributed by atoms with Crippen molar-refractivity contribution in [2.75, 3.05) is 32.7 Å². The quantitative estimate of drug-likeness (QED) is 0.900. The van der Waals surface area contributed by atoms with Gasteiger partial charge in [-0.2, -0.15) is 0 Å². The summed E-state index contributed by atoms with van der Waals surface area (Å²) in [6.07, 6.45) is 0. The van der Waals surface area contributed by atoms with E-state index in [0.717, 1.165) is 31.7 Å². The van der Waals surface area contributed by atoms with Crippen LogP contribution >= 0.6 is 0 Å². The van der Waals surface area contributed by atoms with Gasteiger partial charge >= 0.3 is 0 Å². The van der Waals surface area contributed by atoms with Gasteiger partial charge in [0.1, 0.15) is 0 Å². The van der Waals surface area contributed by atoms with Crippen LogP contribution in [-0.4, -0.2) is 54.5 Å². The summed E-state index contributed by atoms with van der Waals surface area (Å²) in [5.74, 6) is -0.0436. The van der Waals surface area contributed by atoms with Crippen LogP contribution in [0, 0.1) is 0 Å². The van der Waals surface area contributed by atoms with Crippen LogP contribution in [0.5, 0.6) is 0 Å². The molecule has 0 aromatic heterocycles. The van der Waals surface area contributed by atoms with Gasteiger partial charge < -0.3 is 10.6 Å². The van der Waals surface area contributed by atoms with E-state index in [4.69, 9.17) is 5.73 Å². The number of hydrogen-bond acceptors (Lipinski definition) is 3. The zero-order valence-electron chi connectivity index (χ0n) is 12.5. The molecule has 1 aromatic carbocycles. The third-order valence-electron chi connectivity index (χ3n) is 4.22. The summed E-state index contributed by atoms with van der Waals surface area (Å²) in [5.41, 5.74) is 6.86. The first-order chi connectivity index (χ1) is 9.67. The van der Waals surface area contributed by atoms with E-state index in [1.165, 1.54) is 0 Å². The second kappa shape index (κ2) is 6.86. The molecule has 0 aliphatic carbocycles. The molecule has 1 aliphatic rings. The molecule has 0 bridgehead atoms. The van der Waals surface area contributed by atoms with Crippen molar-refractivity contribution in [3.05, 3.63) is 35.9 Å². The minimum atomic E-state index is -0.212. The lowest BCUT2D eigenvalue weighted by atomic mass is 9.97. The molecule has 0 radical (unpaired) electrons. The van der Waals surface area contributed by atoms with Gasteiger partial charge in [-0.3, -0.25) is 9.69 Å². The summed E-state index contributed by atoms with van der Waals surface area (Å²) in [6.45, 7) is 8.32. The van der Waals surface area contributed by atoms with Crippen LogP contribution in [0.1, 0.15) is 25.3 Å². The number of carbonyl (C=O) groups excluding carboxylic acids is 1. The normalized spacial score (nSPS) is 21.8. The van der Waals surface area contributed by atoms with Crippen LogP contribution in [0.25, 0.3) is 0 Å². The summed E-state index contributed by atoms with van der Waals surface area (Å²) in [4.78, 5) is 17.1. The van der Waals surface area contributed by atoms with Gasteiger partial charge in [0.2, 0.25) is 5.91 Å². The lowest BCUT2D eigenvalue weighted by Gasteiger charge is -2.40. The van der Waals surface area contributed by atoms with Crippen LogP contribution in [0.2, 0.25) is 0 Å². The summed E-state index contributed by atoms with van der Waals surface area (Å²) >= 11 is 0. The summed E-state index contributed by atoms with van der Waals surface area (Å²) in [7, 11) is 0. The Hall–Kier alpha value is -1.39. The molecular formula is C16H25N3O. The maximum Gasteiger partial charge on any atom is 0.231 e. The molecule has 1 fully saturated rings. The van der Waals surface area contributed by atoms with Crippen molar-refractivity contribution in [1.82, 2.24) is 9.80 Å². The van der Waals surface area contributed by atoms with E-state index >= 15 is 0 Å². The summed E-state index contributed by atoms with van der Waals surface area (Å²) < 4.78 is 0. The van der Waals surface area contributed by atoms with Gasteiger partial charge in [0, 0.05) is 32.2 Å². The van der Waals surface area contributed by atoms with E-state index in [0.29, 0.717) is 12.6 Å². The van der Waals surface area contributed by atoms with E-state index in [2.05, 4.69) is 18.7 Å². The van der Waals surface area contributed by atoms with E-state index in [9.17, 15) is 4.79 Å².